The molecule has 3 heteroatoms. The maximum atomic E-state index is 10.4. The predicted octanol–water partition coefficient (Wildman–Crippen LogP) is 2.11. The van der Waals surface area contributed by atoms with Crippen molar-refractivity contribution in [3.05, 3.63) is 36.0 Å². The number of hydrogen-bond donors (Lipinski definition) is 1. The maximum absolute atomic E-state index is 10.4. The van der Waals surface area contributed by atoms with Crippen LogP contribution in [-0.4, -0.2) is 11.4 Å². The van der Waals surface area contributed by atoms with E-state index in [-0.39, 0.29) is 0 Å². The van der Waals surface area contributed by atoms with Crippen LogP contribution in [0.25, 0.3) is 10.9 Å². The highest BCUT2D eigenvalue weighted by atomic mass is 16.1. The van der Waals surface area contributed by atoms with Crippen molar-refractivity contribution in [3.8, 4) is 0 Å². The molecule has 0 aliphatic rings. The van der Waals surface area contributed by atoms with E-state index in [1.807, 2.05) is 31.2 Å². The maximum Gasteiger partial charge on any atom is 0.211 e. The third-order valence-electron chi connectivity index (χ3n) is 2.19. The van der Waals surface area contributed by atoms with Crippen molar-refractivity contribution in [1.29, 1.82) is 0 Å². The summed E-state index contributed by atoms with van der Waals surface area (Å²) in [6.45, 7) is 1.94. The van der Waals surface area contributed by atoms with Gasteiger partial charge < -0.3 is 5.32 Å². The zero-order valence-corrected chi connectivity index (χ0v) is 7.82. The van der Waals surface area contributed by atoms with Crippen LogP contribution in [0.15, 0.2) is 30.5 Å². The molecule has 3 nitrogen and oxygen atoms in total. The highest BCUT2D eigenvalue weighted by Crippen LogP contribution is 2.24. The van der Waals surface area contributed by atoms with Crippen LogP contribution in [-0.2, 0) is 4.79 Å². The summed E-state index contributed by atoms with van der Waals surface area (Å²) in [5, 5.41) is 3.71. The molecular weight excluding hydrogens is 176 g/mol. The number of nitrogens with one attached hydrogen (secondary N) is 1. The second kappa shape index (κ2) is 3.46. The fraction of sp³-hybridized carbons (Fsp3) is 0.0909. The van der Waals surface area contributed by atoms with E-state index in [0.29, 0.717) is 6.41 Å². The second-order valence-corrected chi connectivity index (χ2v) is 3.09. The van der Waals surface area contributed by atoms with Crippen LogP contribution in [0.2, 0.25) is 0 Å². The van der Waals surface area contributed by atoms with E-state index in [1.165, 1.54) is 0 Å². The molecule has 0 spiro atoms. The summed E-state index contributed by atoms with van der Waals surface area (Å²) >= 11 is 0. The quantitative estimate of drug-likeness (QED) is 0.730. The molecule has 0 aliphatic carbocycles. The van der Waals surface area contributed by atoms with Crippen LogP contribution in [0.1, 0.15) is 5.56 Å². The molecule has 0 saturated heterocycles. The number of carbonyl (C=O) groups is 1. The molecule has 0 fully saturated rings. The van der Waals surface area contributed by atoms with Crippen LogP contribution in [0.3, 0.4) is 0 Å². The van der Waals surface area contributed by atoms with Crippen molar-refractivity contribution in [2.75, 3.05) is 5.32 Å². The predicted molar refractivity (Wildman–Crippen MR) is 56.2 cm³/mol. The molecule has 70 valence electrons. The number of carbonyl (C=O) groups excluding carboxylic acids is 1. The molecule has 0 aliphatic heterocycles. The first-order chi connectivity index (χ1) is 6.83. The van der Waals surface area contributed by atoms with Crippen molar-refractivity contribution < 1.29 is 4.79 Å². The van der Waals surface area contributed by atoms with Gasteiger partial charge in [-0.15, -0.1) is 0 Å². The molecule has 0 unspecified atom stereocenters. The average molecular weight is 186 g/mol. The minimum Gasteiger partial charge on any atom is -0.327 e. The lowest BCUT2D eigenvalue weighted by molar-refractivity contribution is -0.105. The molecule has 2 aromatic rings. The van der Waals surface area contributed by atoms with Gasteiger partial charge in [0.1, 0.15) is 0 Å². The van der Waals surface area contributed by atoms with E-state index in [1.54, 1.807) is 6.20 Å². The van der Waals surface area contributed by atoms with Gasteiger partial charge in [0.15, 0.2) is 0 Å². The number of amides is 1. The summed E-state index contributed by atoms with van der Waals surface area (Å²) in [6, 6.07) is 7.81. The van der Waals surface area contributed by atoms with Gasteiger partial charge in [-0.3, -0.25) is 9.78 Å². The van der Waals surface area contributed by atoms with E-state index in [9.17, 15) is 4.79 Å². The summed E-state index contributed by atoms with van der Waals surface area (Å²) in [7, 11) is 0. The van der Waals surface area contributed by atoms with E-state index in [2.05, 4.69) is 10.3 Å². The van der Waals surface area contributed by atoms with E-state index >= 15 is 0 Å². The van der Waals surface area contributed by atoms with Crippen LogP contribution >= 0.6 is 0 Å². The number of pyridine rings is 1. The van der Waals surface area contributed by atoms with Gasteiger partial charge in [-0.25, -0.2) is 0 Å². The molecule has 1 aromatic heterocycles. The molecule has 0 radical (unpaired) electrons. The van der Waals surface area contributed by atoms with E-state index in [0.717, 1.165) is 22.2 Å². The Morgan fingerprint density at radius 1 is 1.36 bits per heavy atom. The van der Waals surface area contributed by atoms with Gasteiger partial charge in [0, 0.05) is 11.6 Å². The number of aryl methyl sites for hydroxylation is 1. The lowest BCUT2D eigenvalue weighted by Crippen LogP contribution is -1.98. The average Bonchev–Trinajstić information content (AvgIpc) is 2.23. The van der Waals surface area contributed by atoms with Gasteiger partial charge in [-0.2, -0.15) is 0 Å². The summed E-state index contributed by atoms with van der Waals surface area (Å²) in [5.74, 6) is 0. The van der Waals surface area contributed by atoms with Gasteiger partial charge in [-0.1, -0.05) is 18.2 Å². The summed E-state index contributed by atoms with van der Waals surface area (Å²) < 4.78 is 0. The molecule has 0 bridgehead atoms. The minimum atomic E-state index is 0.677. The first-order valence-electron chi connectivity index (χ1n) is 4.37. The molecular formula is C11H10N2O. The van der Waals surface area contributed by atoms with Gasteiger partial charge in [0.2, 0.25) is 6.41 Å². The minimum absolute atomic E-state index is 0.677. The number of aromatic nitrogens is 1. The molecule has 1 aromatic carbocycles. The standard InChI is InChI=1S/C11H10N2O/c1-8-4-5-9-3-2-6-12-11(9)10(8)13-7-14/h2-7H,1H3,(H,13,14). The van der Waals surface area contributed by atoms with Gasteiger partial charge in [0.25, 0.3) is 0 Å². The highest BCUT2D eigenvalue weighted by Gasteiger charge is 2.03. The first-order valence-corrected chi connectivity index (χ1v) is 4.37. The second-order valence-electron chi connectivity index (χ2n) is 3.09. The Kier molecular flexibility index (Phi) is 2.14. The number of hydrogen-bond acceptors (Lipinski definition) is 2. The molecule has 0 saturated carbocycles. The molecule has 0 atom stereocenters. The molecule has 14 heavy (non-hydrogen) atoms. The summed E-state index contributed by atoms with van der Waals surface area (Å²) in [5.41, 5.74) is 2.64. The number of anilines is 1. The lowest BCUT2D eigenvalue weighted by Gasteiger charge is -2.06. The number of fused-ring (bicyclic) bond motifs is 1. The van der Waals surface area contributed by atoms with Crippen LogP contribution < -0.4 is 5.32 Å². The van der Waals surface area contributed by atoms with Crippen LogP contribution in [0, 0.1) is 6.92 Å². The van der Waals surface area contributed by atoms with E-state index < -0.39 is 0 Å². The van der Waals surface area contributed by atoms with Crippen LogP contribution in [0.5, 0.6) is 0 Å². The summed E-state index contributed by atoms with van der Waals surface area (Å²) in [6.07, 6.45) is 2.40. The third-order valence-corrected chi connectivity index (χ3v) is 2.19. The molecule has 1 N–H and O–H groups in total. The van der Waals surface area contributed by atoms with Crippen molar-refractivity contribution in [1.82, 2.24) is 4.98 Å². The fourth-order valence-electron chi connectivity index (χ4n) is 1.49. The zero-order chi connectivity index (χ0) is 9.97. The Balaban J connectivity index is 2.75. The first kappa shape index (κ1) is 8.69. The van der Waals surface area contributed by atoms with Crippen LogP contribution in [0.4, 0.5) is 5.69 Å². The number of rotatable bonds is 2. The Morgan fingerprint density at radius 3 is 3.00 bits per heavy atom. The van der Waals surface area contributed by atoms with Crippen molar-refractivity contribution in [2.45, 2.75) is 6.92 Å². The van der Waals surface area contributed by atoms with Gasteiger partial charge in [0.05, 0.1) is 11.2 Å². The Labute approximate surface area is 81.8 Å². The molecule has 1 amide bonds. The van der Waals surface area contributed by atoms with Gasteiger partial charge >= 0.3 is 0 Å². The monoisotopic (exact) mass is 186 g/mol. The van der Waals surface area contributed by atoms with Crippen molar-refractivity contribution >= 4 is 23.0 Å². The molecule has 1 heterocycles. The fourth-order valence-corrected chi connectivity index (χ4v) is 1.49. The summed E-state index contributed by atoms with van der Waals surface area (Å²) in [4.78, 5) is 14.7. The Morgan fingerprint density at radius 2 is 2.21 bits per heavy atom. The molecule has 2 rings (SSSR count). The lowest BCUT2D eigenvalue weighted by atomic mass is 10.1. The Hall–Kier alpha value is -1.90. The smallest absolute Gasteiger partial charge is 0.211 e. The number of benzene rings is 1. The van der Waals surface area contributed by atoms with Gasteiger partial charge in [-0.05, 0) is 18.6 Å². The normalized spacial score (nSPS) is 10.1. The van der Waals surface area contributed by atoms with Crippen molar-refractivity contribution in [2.24, 2.45) is 0 Å². The third kappa shape index (κ3) is 1.33. The highest BCUT2D eigenvalue weighted by molar-refractivity contribution is 5.95. The topological polar surface area (TPSA) is 42.0 Å². The zero-order valence-electron chi connectivity index (χ0n) is 7.82. The van der Waals surface area contributed by atoms with E-state index in [4.69, 9.17) is 0 Å². The Bertz CT molecular complexity index is 480. The van der Waals surface area contributed by atoms with Crippen molar-refractivity contribution in [3.63, 3.8) is 0 Å². The SMILES string of the molecule is Cc1ccc2cccnc2c1NC=O. The number of nitrogens with zero attached hydrogens (tertiary/aromatic N) is 1. The largest absolute Gasteiger partial charge is 0.327 e.